The number of nitrogens with one attached hydrogen (secondary N) is 1. The van der Waals surface area contributed by atoms with Crippen molar-refractivity contribution in [2.45, 2.75) is 25.5 Å². The normalized spacial score (nSPS) is 13.3. The number of carbonyl (C=O) groups excluding carboxylic acids is 1. The molecule has 0 aliphatic rings. The minimum absolute atomic E-state index is 0.0531. The van der Waals surface area contributed by atoms with Gasteiger partial charge in [-0.25, -0.2) is 0 Å². The van der Waals surface area contributed by atoms with Gasteiger partial charge in [0.1, 0.15) is 0 Å². The molecule has 23 heavy (non-hydrogen) atoms. The molecule has 2 rings (SSSR count). The second-order valence-electron chi connectivity index (χ2n) is 5.57. The average Bonchev–Trinajstić information content (AvgIpc) is 2.60. The van der Waals surface area contributed by atoms with E-state index in [4.69, 9.17) is 10.5 Å². The molecule has 0 saturated heterocycles. The summed E-state index contributed by atoms with van der Waals surface area (Å²) in [5.41, 5.74) is 8.95. The van der Waals surface area contributed by atoms with Crippen LogP contribution in [-0.4, -0.2) is 25.7 Å². The van der Waals surface area contributed by atoms with Crippen LogP contribution in [0.15, 0.2) is 54.6 Å². The smallest absolute Gasteiger partial charge is 0.223 e. The summed E-state index contributed by atoms with van der Waals surface area (Å²) < 4.78 is 5.14. The van der Waals surface area contributed by atoms with Crippen LogP contribution in [0.25, 0.3) is 11.1 Å². The summed E-state index contributed by atoms with van der Waals surface area (Å²) >= 11 is 0. The minimum Gasteiger partial charge on any atom is -0.380 e. The molecule has 4 nitrogen and oxygen atoms in total. The molecule has 0 spiro atoms. The summed E-state index contributed by atoms with van der Waals surface area (Å²) in [4.78, 5) is 12.0. The van der Waals surface area contributed by atoms with Gasteiger partial charge in [0.2, 0.25) is 5.91 Å². The molecule has 122 valence electrons. The third-order valence-corrected chi connectivity index (χ3v) is 3.90. The molecule has 2 aromatic carbocycles. The second kappa shape index (κ2) is 8.46. The number of hydrogen-bond donors (Lipinski definition) is 2. The van der Waals surface area contributed by atoms with Gasteiger partial charge < -0.3 is 15.8 Å². The topological polar surface area (TPSA) is 64.3 Å². The SMILES string of the molecule is COC(CN)CC(=O)NC(C)c1ccc(-c2ccccc2)cc1. The summed E-state index contributed by atoms with van der Waals surface area (Å²) in [6.07, 6.45) is 0.0436. The first kappa shape index (κ1) is 17.2. The molecule has 0 fully saturated rings. The molecule has 0 bridgehead atoms. The van der Waals surface area contributed by atoms with E-state index in [9.17, 15) is 4.79 Å². The van der Waals surface area contributed by atoms with Gasteiger partial charge in [0.15, 0.2) is 0 Å². The van der Waals surface area contributed by atoms with Gasteiger partial charge in [0, 0.05) is 13.7 Å². The molecule has 2 aromatic rings. The maximum Gasteiger partial charge on any atom is 0.223 e. The van der Waals surface area contributed by atoms with E-state index >= 15 is 0 Å². The van der Waals surface area contributed by atoms with E-state index in [0.717, 1.165) is 11.1 Å². The lowest BCUT2D eigenvalue weighted by atomic mass is 10.0. The predicted octanol–water partition coefficient (Wildman–Crippen LogP) is 2.89. The van der Waals surface area contributed by atoms with Crippen molar-refractivity contribution in [1.29, 1.82) is 0 Å². The van der Waals surface area contributed by atoms with E-state index in [1.165, 1.54) is 5.56 Å². The monoisotopic (exact) mass is 312 g/mol. The number of rotatable bonds is 7. The standard InChI is InChI=1S/C19H24N2O2/c1-14(21-19(22)12-18(13-20)23-2)15-8-10-17(11-9-15)16-6-4-3-5-7-16/h3-11,14,18H,12-13,20H2,1-2H3,(H,21,22). The molecule has 0 saturated carbocycles. The van der Waals surface area contributed by atoms with Crippen LogP contribution < -0.4 is 11.1 Å². The molecular formula is C19H24N2O2. The average molecular weight is 312 g/mol. The van der Waals surface area contributed by atoms with Crippen LogP contribution in [0.4, 0.5) is 0 Å². The van der Waals surface area contributed by atoms with Crippen molar-refractivity contribution >= 4 is 5.91 Å². The van der Waals surface area contributed by atoms with Gasteiger partial charge in [-0.3, -0.25) is 4.79 Å². The van der Waals surface area contributed by atoms with E-state index in [2.05, 4.69) is 29.6 Å². The fourth-order valence-corrected chi connectivity index (χ4v) is 2.45. The Kier molecular flexibility index (Phi) is 6.32. The largest absolute Gasteiger partial charge is 0.380 e. The number of nitrogens with two attached hydrogens (primary N) is 1. The zero-order valence-electron chi connectivity index (χ0n) is 13.7. The Labute approximate surface area is 137 Å². The van der Waals surface area contributed by atoms with Gasteiger partial charge >= 0.3 is 0 Å². The molecule has 0 radical (unpaired) electrons. The number of methoxy groups -OCH3 is 1. The highest BCUT2D eigenvalue weighted by molar-refractivity contribution is 5.77. The van der Waals surface area contributed by atoms with Crippen molar-refractivity contribution in [1.82, 2.24) is 5.32 Å². The fourth-order valence-electron chi connectivity index (χ4n) is 2.45. The van der Waals surface area contributed by atoms with Gasteiger partial charge in [-0.15, -0.1) is 0 Å². The number of ether oxygens (including phenoxy) is 1. The zero-order valence-corrected chi connectivity index (χ0v) is 13.7. The highest BCUT2D eigenvalue weighted by Crippen LogP contribution is 2.21. The summed E-state index contributed by atoms with van der Waals surface area (Å²) in [5, 5.41) is 2.98. The molecule has 0 aliphatic carbocycles. The van der Waals surface area contributed by atoms with Crippen LogP contribution in [0.2, 0.25) is 0 Å². The van der Waals surface area contributed by atoms with Crippen molar-refractivity contribution in [2.75, 3.05) is 13.7 Å². The van der Waals surface area contributed by atoms with Crippen LogP contribution in [0.1, 0.15) is 24.9 Å². The van der Waals surface area contributed by atoms with Crippen LogP contribution in [0, 0.1) is 0 Å². The maximum atomic E-state index is 12.0. The highest BCUT2D eigenvalue weighted by Gasteiger charge is 2.14. The van der Waals surface area contributed by atoms with Crippen molar-refractivity contribution in [3.05, 3.63) is 60.2 Å². The Morgan fingerprint density at radius 3 is 2.26 bits per heavy atom. The molecule has 2 atom stereocenters. The van der Waals surface area contributed by atoms with Crippen molar-refractivity contribution in [3.8, 4) is 11.1 Å². The Morgan fingerprint density at radius 1 is 1.09 bits per heavy atom. The number of benzene rings is 2. The molecule has 3 N–H and O–H groups in total. The first-order valence-electron chi connectivity index (χ1n) is 7.81. The predicted molar refractivity (Wildman–Crippen MR) is 92.9 cm³/mol. The van der Waals surface area contributed by atoms with Gasteiger partial charge in [-0.2, -0.15) is 0 Å². The van der Waals surface area contributed by atoms with Crippen LogP contribution in [0.5, 0.6) is 0 Å². The van der Waals surface area contributed by atoms with Crippen LogP contribution in [-0.2, 0) is 9.53 Å². The lowest BCUT2D eigenvalue weighted by molar-refractivity contribution is -0.124. The van der Waals surface area contributed by atoms with E-state index in [1.54, 1.807) is 7.11 Å². The van der Waals surface area contributed by atoms with Gasteiger partial charge in [-0.1, -0.05) is 54.6 Å². The van der Waals surface area contributed by atoms with Crippen molar-refractivity contribution < 1.29 is 9.53 Å². The third-order valence-electron chi connectivity index (χ3n) is 3.90. The molecule has 2 unspecified atom stereocenters. The lowest BCUT2D eigenvalue weighted by Crippen LogP contribution is -2.33. The molecule has 0 heterocycles. The van der Waals surface area contributed by atoms with Crippen molar-refractivity contribution in [3.63, 3.8) is 0 Å². The quantitative estimate of drug-likeness (QED) is 0.826. The first-order chi connectivity index (χ1) is 11.1. The second-order valence-corrected chi connectivity index (χ2v) is 5.57. The Hall–Kier alpha value is -2.17. The van der Waals surface area contributed by atoms with Crippen molar-refractivity contribution in [2.24, 2.45) is 5.73 Å². The number of carbonyl (C=O) groups is 1. The summed E-state index contributed by atoms with van der Waals surface area (Å²) in [6.45, 7) is 2.31. The zero-order chi connectivity index (χ0) is 16.7. The molecule has 0 aromatic heterocycles. The fraction of sp³-hybridized carbons (Fsp3) is 0.316. The van der Waals surface area contributed by atoms with Gasteiger partial charge in [-0.05, 0) is 23.6 Å². The van der Waals surface area contributed by atoms with Crippen LogP contribution >= 0.6 is 0 Å². The van der Waals surface area contributed by atoms with E-state index < -0.39 is 0 Å². The summed E-state index contributed by atoms with van der Waals surface area (Å²) in [6, 6.07) is 18.4. The van der Waals surface area contributed by atoms with E-state index in [-0.39, 0.29) is 24.5 Å². The Morgan fingerprint density at radius 2 is 1.70 bits per heavy atom. The summed E-state index contributed by atoms with van der Waals surface area (Å²) in [5.74, 6) is -0.0538. The van der Waals surface area contributed by atoms with E-state index in [0.29, 0.717) is 6.54 Å². The molecule has 1 amide bonds. The van der Waals surface area contributed by atoms with Gasteiger partial charge in [0.25, 0.3) is 0 Å². The molecule has 0 aliphatic heterocycles. The number of amides is 1. The first-order valence-corrected chi connectivity index (χ1v) is 7.81. The molecular weight excluding hydrogens is 288 g/mol. The highest BCUT2D eigenvalue weighted by atomic mass is 16.5. The Balaban J connectivity index is 1.97. The van der Waals surface area contributed by atoms with E-state index in [1.807, 2.05) is 37.3 Å². The Bertz CT molecular complexity index is 607. The van der Waals surface area contributed by atoms with Gasteiger partial charge in [0.05, 0.1) is 18.6 Å². The minimum atomic E-state index is -0.234. The maximum absolute atomic E-state index is 12.0. The van der Waals surface area contributed by atoms with Crippen LogP contribution in [0.3, 0.4) is 0 Å². The lowest BCUT2D eigenvalue weighted by Gasteiger charge is -2.17. The molecule has 4 heteroatoms. The third kappa shape index (κ3) is 4.91. The summed E-state index contributed by atoms with van der Waals surface area (Å²) in [7, 11) is 1.57. The number of hydrogen-bond acceptors (Lipinski definition) is 3.